The summed E-state index contributed by atoms with van der Waals surface area (Å²) in [6, 6.07) is 9.54. The first-order chi connectivity index (χ1) is 13.2. The average molecular weight is 399 g/mol. The molecule has 0 saturated carbocycles. The standard InChI is InChI=1S/C20H18N2O3S2/c1-4-14-16(15-6-5-9-26-15)17-19(23)21-18(22-20(17)27-14)11-7-8-12(24-2)13(10-11)25-3/h5-10H,4H2,1-3H3,(H,21,22,23). The van der Waals surface area contributed by atoms with Crippen LogP contribution in [0.1, 0.15) is 11.8 Å². The van der Waals surface area contributed by atoms with Crippen LogP contribution in [0.4, 0.5) is 0 Å². The maximum absolute atomic E-state index is 13.0. The smallest absolute Gasteiger partial charge is 0.260 e. The van der Waals surface area contributed by atoms with Gasteiger partial charge in [-0.15, -0.1) is 22.7 Å². The molecule has 0 saturated heterocycles. The highest BCUT2D eigenvalue weighted by Crippen LogP contribution is 2.39. The van der Waals surface area contributed by atoms with Gasteiger partial charge in [-0.1, -0.05) is 13.0 Å². The molecule has 3 heterocycles. The largest absolute Gasteiger partial charge is 0.493 e. The lowest BCUT2D eigenvalue weighted by Crippen LogP contribution is -2.09. The van der Waals surface area contributed by atoms with Crippen LogP contribution in [0, 0.1) is 0 Å². The predicted molar refractivity (Wildman–Crippen MR) is 111 cm³/mol. The zero-order valence-corrected chi connectivity index (χ0v) is 16.8. The summed E-state index contributed by atoms with van der Waals surface area (Å²) in [7, 11) is 3.18. The Morgan fingerprint density at radius 3 is 2.63 bits per heavy atom. The zero-order valence-electron chi connectivity index (χ0n) is 15.2. The minimum absolute atomic E-state index is 0.121. The molecule has 0 unspecified atom stereocenters. The quantitative estimate of drug-likeness (QED) is 0.516. The van der Waals surface area contributed by atoms with Gasteiger partial charge < -0.3 is 14.5 Å². The third-order valence-electron chi connectivity index (χ3n) is 4.38. The number of aromatic amines is 1. The maximum Gasteiger partial charge on any atom is 0.260 e. The Hall–Kier alpha value is -2.64. The van der Waals surface area contributed by atoms with E-state index >= 15 is 0 Å². The topological polar surface area (TPSA) is 64.2 Å². The van der Waals surface area contributed by atoms with E-state index in [1.807, 2.05) is 29.6 Å². The molecule has 0 aliphatic carbocycles. The summed E-state index contributed by atoms with van der Waals surface area (Å²) in [5, 5.41) is 2.70. The second kappa shape index (κ2) is 7.17. The van der Waals surface area contributed by atoms with E-state index in [0.29, 0.717) is 22.7 Å². The Bertz CT molecular complexity index is 1160. The lowest BCUT2D eigenvalue weighted by Gasteiger charge is -2.09. The van der Waals surface area contributed by atoms with Crippen LogP contribution in [-0.2, 0) is 6.42 Å². The molecule has 5 nitrogen and oxygen atoms in total. The van der Waals surface area contributed by atoms with Gasteiger partial charge >= 0.3 is 0 Å². The number of H-pyrrole nitrogens is 1. The van der Waals surface area contributed by atoms with E-state index < -0.39 is 0 Å². The van der Waals surface area contributed by atoms with Crippen LogP contribution in [0.5, 0.6) is 11.5 Å². The number of hydrogen-bond acceptors (Lipinski definition) is 6. The second-order valence-corrected chi connectivity index (χ2v) is 7.93. The highest BCUT2D eigenvalue weighted by Gasteiger charge is 2.19. The summed E-state index contributed by atoms with van der Waals surface area (Å²) in [6.45, 7) is 2.10. The summed E-state index contributed by atoms with van der Waals surface area (Å²) >= 11 is 3.22. The number of thiophene rings is 2. The van der Waals surface area contributed by atoms with Crippen molar-refractivity contribution in [1.29, 1.82) is 0 Å². The Balaban J connectivity index is 1.92. The van der Waals surface area contributed by atoms with Crippen LogP contribution in [0.15, 0.2) is 40.5 Å². The number of ether oxygens (including phenoxy) is 2. The summed E-state index contributed by atoms with van der Waals surface area (Å²) in [5.74, 6) is 1.75. The van der Waals surface area contributed by atoms with Gasteiger partial charge in [-0.2, -0.15) is 0 Å². The number of aryl methyl sites for hydroxylation is 1. The van der Waals surface area contributed by atoms with Gasteiger partial charge in [0.05, 0.1) is 19.6 Å². The first kappa shape index (κ1) is 17.8. The molecule has 4 rings (SSSR count). The van der Waals surface area contributed by atoms with E-state index in [1.165, 1.54) is 4.88 Å². The fourth-order valence-corrected chi connectivity index (χ4v) is 5.10. The van der Waals surface area contributed by atoms with Crippen LogP contribution in [0.25, 0.3) is 32.0 Å². The van der Waals surface area contributed by atoms with Crippen LogP contribution in [0.3, 0.4) is 0 Å². The van der Waals surface area contributed by atoms with E-state index in [9.17, 15) is 4.79 Å². The molecule has 27 heavy (non-hydrogen) atoms. The summed E-state index contributed by atoms with van der Waals surface area (Å²) in [6.07, 6.45) is 0.861. The molecule has 1 aromatic carbocycles. The molecule has 0 radical (unpaired) electrons. The Morgan fingerprint density at radius 1 is 1.15 bits per heavy atom. The van der Waals surface area contributed by atoms with Gasteiger partial charge in [0.1, 0.15) is 10.7 Å². The first-order valence-corrected chi connectivity index (χ1v) is 10.2. The lowest BCUT2D eigenvalue weighted by molar-refractivity contribution is 0.355. The van der Waals surface area contributed by atoms with Crippen molar-refractivity contribution in [3.8, 4) is 33.3 Å². The molecular formula is C20H18N2O3S2. The van der Waals surface area contributed by atoms with Crippen molar-refractivity contribution in [2.45, 2.75) is 13.3 Å². The van der Waals surface area contributed by atoms with Gasteiger partial charge in [-0.05, 0) is 36.1 Å². The third-order valence-corrected chi connectivity index (χ3v) is 6.50. The molecule has 4 aromatic rings. The number of methoxy groups -OCH3 is 2. The molecule has 138 valence electrons. The highest BCUT2D eigenvalue weighted by molar-refractivity contribution is 7.20. The fourth-order valence-electron chi connectivity index (χ4n) is 3.10. The van der Waals surface area contributed by atoms with Crippen LogP contribution >= 0.6 is 22.7 Å². The summed E-state index contributed by atoms with van der Waals surface area (Å²) in [5.41, 5.74) is 1.67. The number of nitrogens with one attached hydrogen (secondary N) is 1. The van der Waals surface area contributed by atoms with Crippen LogP contribution in [-0.4, -0.2) is 24.2 Å². The van der Waals surface area contributed by atoms with E-state index in [-0.39, 0.29) is 5.56 Å². The number of nitrogens with zero attached hydrogens (tertiary/aromatic N) is 1. The number of rotatable bonds is 5. The van der Waals surface area contributed by atoms with Crippen molar-refractivity contribution in [2.75, 3.05) is 14.2 Å². The molecule has 7 heteroatoms. The molecule has 1 N–H and O–H groups in total. The average Bonchev–Trinajstić information content (AvgIpc) is 3.34. The number of fused-ring (bicyclic) bond motifs is 1. The fraction of sp³-hybridized carbons (Fsp3) is 0.200. The van der Waals surface area contributed by atoms with E-state index in [4.69, 9.17) is 14.5 Å². The SMILES string of the molecule is CCc1sc2nc(-c3ccc(OC)c(OC)c3)[nH]c(=O)c2c1-c1cccs1. The van der Waals surface area contributed by atoms with Gasteiger partial charge in [-0.25, -0.2) is 4.98 Å². The zero-order chi connectivity index (χ0) is 19.0. The van der Waals surface area contributed by atoms with Gasteiger partial charge in [-0.3, -0.25) is 4.79 Å². The minimum Gasteiger partial charge on any atom is -0.493 e. The normalized spacial score (nSPS) is 11.1. The molecule has 0 aliphatic rings. The van der Waals surface area contributed by atoms with Crippen molar-refractivity contribution in [2.24, 2.45) is 0 Å². The van der Waals surface area contributed by atoms with Crippen LogP contribution in [0.2, 0.25) is 0 Å². The highest BCUT2D eigenvalue weighted by atomic mass is 32.1. The molecule has 0 spiro atoms. The lowest BCUT2D eigenvalue weighted by atomic mass is 10.1. The van der Waals surface area contributed by atoms with Gasteiger partial charge in [0.15, 0.2) is 11.5 Å². The molecule has 3 aromatic heterocycles. The Morgan fingerprint density at radius 2 is 1.96 bits per heavy atom. The van der Waals surface area contributed by atoms with Crippen molar-refractivity contribution >= 4 is 32.9 Å². The number of benzene rings is 1. The molecular weight excluding hydrogens is 380 g/mol. The monoisotopic (exact) mass is 398 g/mol. The summed E-state index contributed by atoms with van der Waals surface area (Å²) in [4.78, 5) is 23.7. The molecule has 0 amide bonds. The Kier molecular flexibility index (Phi) is 4.72. The maximum atomic E-state index is 13.0. The third kappa shape index (κ3) is 3.02. The van der Waals surface area contributed by atoms with Crippen molar-refractivity contribution in [3.05, 3.63) is 50.9 Å². The molecule has 0 fully saturated rings. The van der Waals surface area contributed by atoms with Crippen LogP contribution < -0.4 is 15.0 Å². The molecule has 0 atom stereocenters. The second-order valence-electron chi connectivity index (χ2n) is 5.90. The van der Waals surface area contributed by atoms with Crippen molar-refractivity contribution in [1.82, 2.24) is 9.97 Å². The molecule has 0 aliphatic heterocycles. The van der Waals surface area contributed by atoms with E-state index in [0.717, 1.165) is 27.3 Å². The van der Waals surface area contributed by atoms with Gasteiger partial charge in [0.2, 0.25) is 0 Å². The van der Waals surface area contributed by atoms with Crippen molar-refractivity contribution < 1.29 is 9.47 Å². The Labute approximate surface area is 164 Å². The number of aromatic nitrogens is 2. The predicted octanol–water partition coefficient (Wildman–Crippen LogP) is 4.96. The minimum atomic E-state index is -0.121. The van der Waals surface area contributed by atoms with E-state index in [1.54, 1.807) is 43.0 Å². The van der Waals surface area contributed by atoms with E-state index in [2.05, 4.69) is 11.9 Å². The van der Waals surface area contributed by atoms with Gasteiger partial charge in [0.25, 0.3) is 5.56 Å². The number of hydrogen-bond donors (Lipinski definition) is 1. The molecule has 0 bridgehead atoms. The summed E-state index contributed by atoms with van der Waals surface area (Å²) < 4.78 is 10.6. The van der Waals surface area contributed by atoms with Crippen molar-refractivity contribution in [3.63, 3.8) is 0 Å². The van der Waals surface area contributed by atoms with Gasteiger partial charge in [0, 0.05) is 20.9 Å². The first-order valence-electron chi connectivity index (χ1n) is 8.48.